The number of morpholine rings is 1. The second kappa shape index (κ2) is 7.71. The largest absolute Gasteiger partial charge is 0.438 e. The van der Waals surface area contributed by atoms with E-state index >= 15 is 0 Å². The van der Waals surface area contributed by atoms with Crippen LogP contribution in [0.25, 0.3) is 21.2 Å². The van der Waals surface area contributed by atoms with Crippen LogP contribution >= 0.6 is 11.3 Å². The fraction of sp³-hybridized carbons (Fsp3) is 0.348. The summed E-state index contributed by atoms with van der Waals surface area (Å²) >= 11 is 1.76. The number of fused-ring (bicyclic) bond motifs is 4. The van der Waals surface area contributed by atoms with Crippen molar-refractivity contribution in [3.63, 3.8) is 0 Å². The molecule has 2 aliphatic rings. The number of rotatable bonds is 4. The summed E-state index contributed by atoms with van der Waals surface area (Å²) in [5.74, 6) is 1.94. The third-order valence-electron chi connectivity index (χ3n) is 5.86. The average molecular weight is 436 g/mol. The number of thiophene rings is 1. The van der Waals surface area contributed by atoms with E-state index in [0.29, 0.717) is 23.8 Å². The Morgan fingerprint density at radius 1 is 1.10 bits per heavy atom. The highest BCUT2D eigenvalue weighted by molar-refractivity contribution is 7.19. The highest BCUT2D eigenvalue weighted by Gasteiger charge is 2.24. The third-order valence-corrected chi connectivity index (χ3v) is 7.04. The van der Waals surface area contributed by atoms with Gasteiger partial charge in [0.15, 0.2) is 0 Å². The van der Waals surface area contributed by atoms with E-state index in [1.54, 1.807) is 23.5 Å². The SMILES string of the molecule is O=c1ccc2ccc(Oc3nc(CN4CCOCC4)nc4sc5c(c34)CCC5)cc2o1. The van der Waals surface area contributed by atoms with Gasteiger partial charge in [-0.15, -0.1) is 11.3 Å². The van der Waals surface area contributed by atoms with Gasteiger partial charge in [0.05, 0.1) is 25.1 Å². The maximum atomic E-state index is 11.6. The van der Waals surface area contributed by atoms with E-state index in [1.165, 1.54) is 16.5 Å². The molecular weight excluding hydrogens is 414 g/mol. The van der Waals surface area contributed by atoms with Crippen LogP contribution < -0.4 is 10.4 Å². The molecule has 158 valence electrons. The molecule has 0 N–H and O–H groups in total. The molecule has 1 fully saturated rings. The highest BCUT2D eigenvalue weighted by atomic mass is 32.1. The molecule has 4 heterocycles. The lowest BCUT2D eigenvalue weighted by Crippen LogP contribution is -2.36. The molecule has 0 amide bonds. The van der Waals surface area contributed by atoms with Gasteiger partial charge in [0.2, 0.25) is 5.88 Å². The Bertz CT molecular complexity index is 1340. The maximum Gasteiger partial charge on any atom is 0.336 e. The van der Waals surface area contributed by atoms with Crippen LogP contribution in [-0.4, -0.2) is 41.2 Å². The van der Waals surface area contributed by atoms with Crippen molar-refractivity contribution in [2.75, 3.05) is 26.3 Å². The second-order valence-electron chi connectivity index (χ2n) is 7.93. The number of benzene rings is 1. The molecule has 0 unspecified atom stereocenters. The molecule has 1 aromatic carbocycles. The lowest BCUT2D eigenvalue weighted by atomic mass is 10.2. The predicted molar refractivity (Wildman–Crippen MR) is 118 cm³/mol. The first-order chi connectivity index (χ1) is 15.2. The zero-order chi connectivity index (χ0) is 20.8. The molecular formula is C23H21N3O4S. The Morgan fingerprint density at radius 2 is 1.97 bits per heavy atom. The summed E-state index contributed by atoms with van der Waals surface area (Å²) in [5, 5.41) is 1.88. The maximum absolute atomic E-state index is 11.6. The van der Waals surface area contributed by atoms with Gasteiger partial charge in [-0.25, -0.2) is 9.78 Å². The van der Waals surface area contributed by atoms with Gasteiger partial charge in [0.25, 0.3) is 0 Å². The van der Waals surface area contributed by atoms with Crippen molar-refractivity contribution in [2.45, 2.75) is 25.8 Å². The second-order valence-corrected chi connectivity index (χ2v) is 9.01. The number of nitrogens with zero attached hydrogens (tertiary/aromatic N) is 3. The van der Waals surface area contributed by atoms with E-state index in [2.05, 4.69) is 4.90 Å². The summed E-state index contributed by atoms with van der Waals surface area (Å²) in [6.07, 6.45) is 3.29. The normalized spacial score (nSPS) is 16.8. The van der Waals surface area contributed by atoms with Gasteiger partial charge < -0.3 is 13.9 Å². The summed E-state index contributed by atoms with van der Waals surface area (Å²) in [6, 6.07) is 8.69. The summed E-state index contributed by atoms with van der Waals surface area (Å²) in [6.45, 7) is 3.90. The average Bonchev–Trinajstić information content (AvgIpc) is 3.35. The first-order valence-corrected chi connectivity index (χ1v) is 11.4. The number of hydrogen-bond acceptors (Lipinski definition) is 8. The molecule has 3 aromatic heterocycles. The molecule has 4 aromatic rings. The Labute approximate surface area is 182 Å². The fourth-order valence-corrected chi connectivity index (χ4v) is 5.60. The van der Waals surface area contributed by atoms with E-state index in [4.69, 9.17) is 23.9 Å². The van der Waals surface area contributed by atoms with Crippen molar-refractivity contribution in [3.8, 4) is 11.6 Å². The van der Waals surface area contributed by atoms with Gasteiger partial charge >= 0.3 is 5.63 Å². The van der Waals surface area contributed by atoms with Crippen LogP contribution in [0.3, 0.4) is 0 Å². The van der Waals surface area contributed by atoms with Crippen LogP contribution in [0.5, 0.6) is 11.6 Å². The quantitative estimate of drug-likeness (QED) is 0.450. The number of hydrogen-bond donors (Lipinski definition) is 0. The Balaban J connectivity index is 1.42. The van der Waals surface area contributed by atoms with Crippen LogP contribution in [0, 0.1) is 0 Å². The Hall–Kier alpha value is -2.81. The van der Waals surface area contributed by atoms with Gasteiger partial charge in [-0.2, -0.15) is 4.98 Å². The minimum atomic E-state index is -0.377. The van der Waals surface area contributed by atoms with Gasteiger partial charge in [-0.1, -0.05) is 0 Å². The third kappa shape index (κ3) is 3.60. The molecule has 1 aliphatic carbocycles. The molecule has 6 rings (SSSR count). The monoisotopic (exact) mass is 435 g/mol. The van der Waals surface area contributed by atoms with Crippen molar-refractivity contribution in [2.24, 2.45) is 0 Å². The minimum absolute atomic E-state index is 0.377. The van der Waals surface area contributed by atoms with Crippen LogP contribution in [-0.2, 0) is 24.1 Å². The zero-order valence-electron chi connectivity index (χ0n) is 16.9. The molecule has 0 atom stereocenters. The van der Waals surface area contributed by atoms with Crippen LogP contribution in [0.15, 0.2) is 39.5 Å². The van der Waals surface area contributed by atoms with Crippen molar-refractivity contribution in [1.82, 2.24) is 14.9 Å². The van der Waals surface area contributed by atoms with Gasteiger partial charge in [0.1, 0.15) is 22.0 Å². The van der Waals surface area contributed by atoms with E-state index in [0.717, 1.165) is 67.0 Å². The molecule has 7 nitrogen and oxygen atoms in total. The first-order valence-electron chi connectivity index (χ1n) is 10.6. The summed E-state index contributed by atoms with van der Waals surface area (Å²) < 4.78 is 17.1. The van der Waals surface area contributed by atoms with Crippen molar-refractivity contribution in [1.29, 1.82) is 0 Å². The van der Waals surface area contributed by atoms with Crippen molar-refractivity contribution < 1.29 is 13.9 Å². The van der Waals surface area contributed by atoms with E-state index in [9.17, 15) is 4.79 Å². The minimum Gasteiger partial charge on any atom is -0.438 e. The van der Waals surface area contributed by atoms with Crippen molar-refractivity contribution in [3.05, 3.63) is 57.0 Å². The lowest BCUT2D eigenvalue weighted by molar-refractivity contribution is 0.0330. The van der Waals surface area contributed by atoms with Crippen LogP contribution in [0.4, 0.5) is 0 Å². The topological polar surface area (TPSA) is 77.7 Å². The summed E-state index contributed by atoms with van der Waals surface area (Å²) in [4.78, 5) is 26.0. The number of aryl methyl sites for hydroxylation is 2. The molecule has 8 heteroatoms. The van der Waals surface area contributed by atoms with Gasteiger partial charge in [-0.05, 0) is 43.0 Å². The van der Waals surface area contributed by atoms with E-state index < -0.39 is 0 Å². The smallest absolute Gasteiger partial charge is 0.336 e. The lowest BCUT2D eigenvalue weighted by Gasteiger charge is -2.25. The van der Waals surface area contributed by atoms with E-state index in [-0.39, 0.29) is 5.63 Å². The van der Waals surface area contributed by atoms with Crippen molar-refractivity contribution >= 4 is 32.5 Å². The molecule has 31 heavy (non-hydrogen) atoms. The van der Waals surface area contributed by atoms with Gasteiger partial charge in [0, 0.05) is 35.5 Å². The van der Waals surface area contributed by atoms with Crippen LogP contribution in [0.1, 0.15) is 22.7 Å². The predicted octanol–water partition coefficient (Wildman–Crippen LogP) is 3.91. The Kier molecular flexibility index (Phi) is 4.70. The first kappa shape index (κ1) is 18.9. The molecule has 0 radical (unpaired) electrons. The molecule has 0 bridgehead atoms. The summed E-state index contributed by atoms with van der Waals surface area (Å²) in [7, 11) is 0. The molecule has 0 saturated carbocycles. The molecule has 1 aliphatic heterocycles. The molecule has 1 saturated heterocycles. The highest BCUT2D eigenvalue weighted by Crippen LogP contribution is 2.41. The molecule has 0 spiro atoms. The number of ether oxygens (including phenoxy) is 2. The Morgan fingerprint density at radius 3 is 2.87 bits per heavy atom. The zero-order valence-corrected chi connectivity index (χ0v) is 17.7. The fourth-order valence-electron chi connectivity index (χ4n) is 4.32. The number of aromatic nitrogens is 2. The van der Waals surface area contributed by atoms with Gasteiger partial charge in [-0.3, -0.25) is 4.90 Å². The van der Waals surface area contributed by atoms with E-state index in [1.807, 2.05) is 12.1 Å². The summed E-state index contributed by atoms with van der Waals surface area (Å²) in [5.41, 5.74) is 1.44. The van der Waals surface area contributed by atoms with Crippen LogP contribution in [0.2, 0.25) is 0 Å². The standard InChI is InChI=1S/C23H21N3O4S/c27-20-7-5-14-4-6-15(12-17(14)30-20)29-22-21-16-2-1-3-18(16)31-23(21)25-19(24-22)13-26-8-10-28-11-9-26/h4-7,12H,1-3,8-11,13H2.